The Morgan fingerprint density at radius 2 is 1.50 bits per heavy atom. The minimum Gasteiger partial charge on any atom is -1.00 e. The van der Waals surface area contributed by atoms with Crippen molar-refractivity contribution in [2.45, 2.75) is 0 Å². The number of hydrogen-bond donors (Lipinski definition) is 2. The van der Waals surface area contributed by atoms with Crippen molar-refractivity contribution in [3.05, 3.63) is 0 Å². The molecule has 0 atom stereocenters. The standard InChI is InChI=1S/CH2O3.Na.Sc.H/c2-1(3)4;;;/h(H2,2,3,4);;;/q;+1;;-1. The summed E-state index contributed by atoms with van der Waals surface area (Å²) in [6.45, 7) is 0. The summed E-state index contributed by atoms with van der Waals surface area (Å²) in [6.07, 6.45) is -1.83. The van der Waals surface area contributed by atoms with E-state index in [4.69, 9.17) is 15.0 Å². The molecule has 0 bridgehead atoms. The third-order valence-electron chi connectivity index (χ3n) is 0. The van der Waals surface area contributed by atoms with Crippen LogP contribution in [-0.2, 0) is 25.8 Å². The third kappa shape index (κ3) is 67.8. The number of hydrogen-bond acceptors (Lipinski definition) is 1. The average molecular weight is 131 g/mol. The summed E-state index contributed by atoms with van der Waals surface area (Å²) in [7, 11) is 0. The minimum atomic E-state index is -1.83. The van der Waals surface area contributed by atoms with Gasteiger partial charge < -0.3 is 11.6 Å². The first-order valence-corrected chi connectivity index (χ1v) is 0.651. The van der Waals surface area contributed by atoms with Gasteiger partial charge in [0.05, 0.1) is 0 Å². The Labute approximate surface area is 77.3 Å². The van der Waals surface area contributed by atoms with Crippen LogP contribution in [0.15, 0.2) is 0 Å². The maximum Gasteiger partial charge on any atom is 1.00 e. The second kappa shape index (κ2) is 9.46. The van der Waals surface area contributed by atoms with Gasteiger partial charge in [0.2, 0.25) is 0 Å². The molecule has 3 nitrogen and oxygen atoms in total. The average Bonchev–Trinajstić information content (AvgIpc) is 0.811. The Morgan fingerprint density at radius 3 is 1.50 bits per heavy atom. The molecule has 0 saturated carbocycles. The summed E-state index contributed by atoms with van der Waals surface area (Å²) >= 11 is 0. The minimum absolute atomic E-state index is 0. The number of carbonyl (C=O) groups is 1. The molecule has 29 valence electrons. The fourth-order valence-corrected chi connectivity index (χ4v) is 0. The van der Waals surface area contributed by atoms with Crippen LogP contribution in [0.4, 0.5) is 4.79 Å². The molecule has 0 rings (SSSR count). The van der Waals surface area contributed by atoms with Gasteiger partial charge in [0.25, 0.3) is 0 Å². The number of rotatable bonds is 0. The molecule has 0 heterocycles. The molecule has 0 aliphatic carbocycles. The van der Waals surface area contributed by atoms with E-state index in [0.29, 0.717) is 0 Å². The van der Waals surface area contributed by atoms with Gasteiger partial charge in [0, 0.05) is 25.8 Å². The summed E-state index contributed by atoms with van der Waals surface area (Å²) in [6, 6.07) is 0. The van der Waals surface area contributed by atoms with Crippen molar-refractivity contribution >= 4 is 6.16 Å². The van der Waals surface area contributed by atoms with E-state index in [9.17, 15) is 0 Å². The molecule has 0 aliphatic heterocycles. The van der Waals surface area contributed by atoms with E-state index >= 15 is 0 Å². The summed E-state index contributed by atoms with van der Waals surface area (Å²) in [4.78, 5) is 8.56. The zero-order valence-corrected chi connectivity index (χ0v) is 7.18. The Bertz CT molecular complexity index is 37.9. The van der Waals surface area contributed by atoms with Crippen LogP contribution in [0.25, 0.3) is 0 Å². The first-order valence-electron chi connectivity index (χ1n) is 0.651. The molecule has 0 fully saturated rings. The van der Waals surface area contributed by atoms with Crippen molar-refractivity contribution in [1.82, 2.24) is 0 Å². The zero-order valence-electron chi connectivity index (χ0n) is 4.38. The molecule has 0 spiro atoms. The molecule has 0 saturated heterocycles. The molecule has 1 radical (unpaired) electrons. The van der Waals surface area contributed by atoms with Crippen molar-refractivity contribution in [3.8, 4) is 0 Å². The van der Waals surface area contributed by atoms with E-state index < -0.39 is 6.16 Å². The molecular formula is CH3NaO3Sc. The van der Waals surface area contributed by atoms with E-state index in [-0.39, 0.29) is 56.8 Å². The van der Waals surface area contributed by atoms with Gasteiger partial charge in [-0.05, 0) is 0 Å². The van der Waals surface area contributed by atoms with Gasteiger partial charge in [-0.3, -0.25) is 0 Å². The van der Waals surface area contributed by atoms with Gasteiger partial charge in [0.1, 0.15) is 0 Å². The SMILES string of the molecule is O=C(O)O.[H-].[Na+].[Sc]. The van der Waals surface area contributed by atoms with E-state index in [0.717, 1.165) is 0 Å². The Morgan fingerprint density at radius 1 is 1.50 bits per heavy atom. The van der Waals surface area contributed by atoms with Gasteiger partial charge >= 0.3 is 35.7 Å². The van der Waals surface area contributed by atoms with Gasteiger partial charge in [-0.25, -0.2) is 4.79 Å². The Kier molecular flexibility index (Phi) is 24.8. The summed E-state index contributed by atoms with van der Waals surface area (Å²) in [5.41, 5.74) is 0. The van der Waals surface area contributed by atoms with Crippen LogP contribution in [-0.4, -0.2) is 16.4 Å². The quantitative estimate of drug-likeness (QED) is 0.352. The van der Waals surface area contributed by atoms with Crippen LogP contribution in [0.2, 0.25) is 0 Å². The summed E-state index contributed by atoms with van der Waals surface area (Å²) in [5.74, 6) is 0. The van der Waals surface area contributed by atoms with E-state index in [2.05, 4.69) is 0 Å². The molecular weight excluding hydrogens is 128 g/mol. The first-order chi connectivity index (χ1) is 1.73. The molecule has 2 N–H and O–H groups in total. The molecule has 0 aromatic heterocycles. The molecule has 0 aliphatic rings. The second-order valence-electron chi connectivity index (χ2n) is 0.283. The van der Waals surface area contributed by atoms with Crippen LogP contribution >= 0.6 is 0 Å². The summed E-state index contributed by atoms with van der Waals surface area (Å²) < 4.78 is 0. The molecule has 0 aromatic carbocycles. The first kappa shape index (κ1) is 15.7. The smallest absolute Gasteiger partial charge is 1.00 e. The van der Waals surface area contributed by atoms with E-state index in [1.54, 1.807) is 0 Å². The van der Waals surface area contributed by atoms with Gasteiger partial charge in [-0.1, -0.05) is 0 Å². The molecule has 0 amide bonds. The Balaban J connectivity index is -0.0000000150. The van der Waals surface area contributed by atoms with Crippen LogP contribution < -0.4 is 29.6 Å². The maximum absolute atomic E-state index is 8.56. The molecule has 5 heteroatoms. The number of carboxylic acid groups (broad SMARTS) is 2. The normalized spacial score (nSPS) is 4.00. The fraction of sp³-hybridized carbons (Fsp3) is 0. The monoisotopic (exact) mass is 131 g/mol. The predicted molar refractivity (Wildman–Crippen MR) is 11.8 cm³/mol. The largest absolute Gasteiger partial charge is 1.00 e. The van der Waals surface area contributed by atoms with Crippen LogP contribution in [0, 0.1) is 0 Å². The molecule has 6 heavy (non-hydrogen) atoms. The maximum atomic E-state index is 8.56. The van der Waals surface area contributed by atoms with Crippen molar-refractivity contribution in [2.24, 2.45) is 0 Å². The summed E-state index contributed by atoms with van der Waals surface area (Å²) in [5, 5.41) is 13.9. The Hall–Kier alpha value is 1.14. The zero-order chi connectivity index (χ0) is 3.58. The molecule has 0 aromatic rings. The van der Waals surface area contributed by atoms with E-state index in [1.165, 1.54) is 0 Å². The van der Waals surface area contributed by atoms with Crippen LogP contribution in [0.1, 0.15) is 1.43 Å². The van der Waals surface area contributed by atoms with Crippen molar-refractivity contribution < 1.29 is 71.8 Å². The van der Waals surface area contributed by atoms with Crippen molar-refractivity contribution in [2.75, 3.05) is 0 Å². The van der Waals surface area contributed by atoms with Crippen LogP contribution in [0.3, 0.4) is 0 Å². The third-order valence-corrected chi connectivity index (χ3v) is 0. The van der Waals surface area contributed by atoms with Gasteiger partial charge in [0.15, 0.2) is 0 Å². The van der Waals surface area contributed by atoms with Gasteiger partial charge in [-0.2, -0.15) is 0 Å². The van der Waals surface area contributed by atoms with Crippen LogP contribution in [0.5, 0.6) is 0 Å². The van der Waals surface area contributed by atoms with Crippen molar-refractivity contribution in [3.63, 3.8) is 0 Å². The molecule has 0 unspecified atom stereocenters. The van der Waals surface area contributed by atoms with Gasteiger partial charge in [-0.15, -0.1) is 0 Å². The van der Waals surface area contributed by atoms with E-state index in [1.807, 2.05) is 0 Å². The second-order valence-corrected chi connectivity index (χ2v) is 0.283. The van der Waals surface area contributed by atoms with Crippen molar-refractivity contribution in [1.29, 1.82) is 0 Å². The predicted octanol–water partition coefficient (Wildman–Crippen LogP) is -2.66. The topological polar surface area (TPSA) is 57.5 Å². The fourth-order valence-electron chi connectivity index (χ4n) is 0.